The minimum absolute atomic E-state index is 0.0516. The summed E-state index contributed by atoms with van der Waals surface area (Å²) in [5, 5.41) is 0.521. The number of sulfonamides is 1. The van der Waals surface area contributed by atoms with E-state index in [-0.39, 0.29) is 10.9 Å². The molecule has 2 aromatic rings. The molecular weight excluding hydrogens is 344 g/mol. The highest BCUT2D eigenvalue weighted by Crippen LogP contribution is 2.25. The Labute approximate surface area is 148 Å². The summed E-state index contributed by atoms with van der Waals surface area (Å²) in [6.45, 7) is 2.36. The Morgan fingerprint density at radius 2 is 1.62 bits per heavy atom. The molecule has 0 bridgehead atoms. The average molecular weight is 365 g/mol. The first-order valence-corrected chi connectivity index (χ1v) is 9.96. The van der Waals surface area contributed by atoms with Gasteiger partial charge < -0.3 is 0 Å². The summed E-state index contributed by atoms with van der Waals surface area (Å²) in [6.07, 6.45) is 2.32. The van der Waals surface area contributed by atoms with Crippen molar-refractivity contribution in [3.05, 3.63) is 65.2 Å². The molecule has 6 heteroatoms. The van der Waals surface area contributed by atoms with Crippen molar-refractivity contribution in [2.45, 2.75) is 23.8 Å². The summed E-state index contributed by atoms with van der Waals surface area (Å²) in [7, 11) is -3.54. The normalized spacial score (nSPS) is 17.0. The Hall–Kier alpha value is -1.40. The van der Waals surface area contributed by atoms with Gasteiger partial charge in [-0.3, -0.25) is 4.90 Å². The van der Waals surface area contributed by atoms with E-state index in [0.717, 1.165) is 31.5 Å². The molecule has 1 atom stereocenters. The zero-order valence-corrected chi connectivity index (χ0v) is 14.9. The number of hydrogen-bond donors (Lipinski definition) is 1. The van der Waals surface area contributed by atoms with Gasteiger partial charge in [0.1, 0.15) is 0 Å². The number of halogens is 1. The van der Waals surface area contributed by atoms with Crippen molar-refractivity contribution in [3.63, 3.8) is 0 Å². The average Bonchev–Trinajstić information content (AvgIpc) is 3.11. The van der Waals surface area contributed by atoms with E-state index in [0.29, 0.717) is 11.6 Å². The lowest BCUT2D eigenvalue weighted by Crippen LogP contribution is -2.36. The fraction of sp³-hybridized carbons (Fsp3) is 0.333. The molecule has 0 spiro atoms. The van der Waals surface area contributed by atoms with E-state index < -0.39 is 10.0 Å². The van der Waals surface area contributed by atoms with E-state index in [4.69, 9.17) is 11.6 Å². The predicted molar refractivity (Wildman–Crippen MR) is 96.6 cm³/mol. The van der Waals surface area contributed by atoms with Gasteiger partial charge in [-0.25, -0.2) is 13.1 Å². The molecule has 1 fully saturated rings. The van der Waals surface area contributed by atoms with Crippen molar-refractivity contribution in [2.75, 3.05) is 19.6 Å². The summed E-state index contributed by atoms with van der Waals surface area (Å²) in [5.74, 6) is 0. The van der Waals surface area contributed by atoms with Crippen molar-refractivity contribution in [3.8, 4) is 0 Å². The monoisotopic (exact) mass is 364 g/mol. The van der Waals surface area contributed by atoms with Crippen molar-refractivity contribution < 1.29 is 8.42 Å². The number of rotatable bonds is 6. The maximum Gasteiger partial charge on any atom is 0.240 e. The zero-order valence-electron chi connectivity index (χ0n) is 13.4. The van der Waals surface area contributed by atoms with Crippen LogP contribution in [-0.4, -0.2) is 33.0 Å². The van der Waals surface area contributed by atoms with Crippen LogP contribution in [0, 0.1) is 0 Å². The van der Waals surface area contributed by atoms with Crippen LogP contribution in [0.3, 0.4) is 0 Å². The van der Waals surface area contributed by atoms with Crippen LogP contribution in [0.25, 0.3) is 0 Å². The molecule has 24 heavy (non-hydrogen) atoms. The van der Waals surface area contributed by atoms with Gasteiger partial charge >= 0.3 is 0 Å². The molecule has 3 rings (SSSR count). The first-order chi connectivity index (χ1) is 11.6. The molecule has 1 N–H and O–H groups in total. The van der Waals surface area contributed by atoms with E-state index in [9.17, 15) is 8.42 Å². The molecule has 0 saturated carbocycles. The summed E-state index contributed by atoms with van der Waals surface area (Å²) >= 11 is 5.83. The van der Waals surface area contributed by atoms with E-state index in [1.807, 2.05) is 18.2 Å². The minimum atomic E-state index is -3.54. The highest BCUT2D eigenvalue weighted by atomic mass is 35.5. The maximum absolute atomic E-state index is 12.5. The molecule has 0 aliphatic carbocycles. The zero-order chi connectivity index (χ0) is 17.0. The third kappa shape index (κ3) is 4.16. The van der Waals surface area contributed by atoms with Gasteiger partial charge in [-0.1, -0.05) is 41.9 Å². The summed E-state index contributed by atoms with van der Waals surface area (Å²) in [5.41, 5.74) is 1.14. The smallest absolute Gasteiger partial charge is 0.240 e. The van der Waals surface area contributed by atoms with Crippen LogP contribution >= 0.6 is 11.6 Å². The molecule has 0 radical (unpaired) electrons. The number of hydrogen-bond acceptors (Lipinski definition) is 3. The maximum atomic E-state index is 12.5. The van der Waals surface area contributed by atoms with Crippen LogP contribution in [0.1, 0.15) is 24.4 Å². The minimum Gasteiger partial charge on any atom is -0.295 e. The summed E-state index contributed by atoms with van der Waals surface area (Å²) in [4.78, 5) is 2.58. The molecule has 4 nitrogen and oxygen atoms in total. The molecule has 1 heterocycles. The van der Waals surface area contributed by atoms with Crippen LogP contribution in [0.5, 0.6) is 0 Å². The van der Waals surface area contributed by atoms with E-state index in [1.165, 1.54) is 12.1 Å². The van der Waals surface area contributed by atoms with Crippen molar-refractivity contribution in [1.82, 2.24) is 9.62 Å². The van der Waals surface area contributed by atoms with Crippen molar-refractivity contribution in [2.24, 2.45) is 0 Å². The number of nitrogens with one attached hydrogen (secondary N) is 1. The number of nitrogens with zero attached hydrogens (tertiary/aromatic N) is 1. The third-order valence-electron chi connectivity index (χ3n) is 4.36. The van der Waals surface area contributed by atoms with Crippen LogP contribution in [-0.2, 0) is 10.0 Å². The lowest BCUT2D eigenvalue weighted by molar-refractivity contribution is 0.246. The molecule has 1 aliphatic rings. The van der Waals surface area contributed by atoms with E-state index >= 15 is 0 Å². The highest BCUT2D eigenvalue weighted by molar-refractivity contribution is 7.89. The standard InChI is InChI=1S/C18H21ClN2O2S/c19-16-8-10-17(11-9-16)24(22,23)20-14-18(21-12-4-5-13-21)15-6-2-1-3-7-15/h1-3,6-11,18,20H,4-5,12-14H2/t18-/m1/s1. The first kappa shape index (κ1) is 17.4. The van der Waals surface area contributed by atoms with Gasteiger partial charge in [-0.05, 0) is 55.8 Å². The van der Waals surface area contributed by atoms with Gasteiger partial charge in [0.25, 0.3) is 0 Å². The predicted octanol–water partition coefficient (Wildman–Crippen LogP) is 3.46. The third-order valence-corrected chi connectivity index (χ3v) is 6.05. The molecule has 0 unspecified atom stereocenters. The Balaban J connectivity index is 1.76. The summed E-state index contributed by atoms with van der Waals surface area (Å²) in [6, 6.07) is 16.3. The lowest BCUT2D eigenvalue weighted by atomic mass is 10.1. The molecule has 1 aliphatic heterocycles. The summed E-state index contributed by atoms with van der Waals surface area (Å²) < 4.78 is 27.8. The van der Waals surface area contributed by atoms with Gasteiger partial charge in [0.15, 0.2) is 0 Å². The quantitative estimate of drug-likeness (QED) is 0.854. The fourth-order valence-electron chi connectivity index (χ4n) is 3.07. The Morgan fingerprint density at radius 3 is 2.25 bits per heavy atom. The molecular formula is C18H21ClN2O2S. The second-order valence-electron chi connectivity index (χ2n) is 5.98. The van der Waals surface area contributed by atoms with Crippen LogP contribution < -0.4 is 4.72 Å². The molecule has 0 amide bonds. The Bertz CT molecular complexity index is 757. The lowest BCUT2D eigenvalue weighted by Gasteiger charge is -2.28. The SMILES string of the molecule is O=S(=O)(NC[C@H](c1ccccc1)N1CCCC1)c1ccc(Cl)cc1. The van der Waals surface area contributed by atoms with Crippen LogP contribution in [0.15, 0.2) is 59.5 Å². The van der Waals surface area contributed by atoms with E-state index in [2.05, 4.69) is 21.8 Å². The fourth-order valence-corrected chi connectivity index (χ4v) is 4.24. The number of benzene rings is 2. The van der Waals surface area contributed by atoms with Gasteiger partial charge in [-0.2, -0.15) is 0 Å². The molecule has 0 aromatic heterocycles. The second-order valence-corrected chi connectivity index (χ2v) is 8.18. The Kier molecular flexibility index (Phi) is 5.56. The Morgan fingerprint density at radius 1 is 1.00 bits per heavy atom. The topological polar surface area (TPSA) is 49.4 Å². The first-order valence-electron chi connectivity index (χ1n) is 8.10. The second kappa shape index (κ2) is 7.66. The molecule has 128 valence electrons. The van der Waals surface area contributed by atoms with E-state index in [1.54, 1.807) is 12.1 Å². The van der Waals surface area contributed by atoms with Gasteiger partial charge in [0.05, 0.1) is 4.90 Å². The van der Waals surface area contributed by atoms with Crippen molar-refractivity contribution in [1.29, 1.82) is 0 Å². The largest absolute Gasteiger partial charge is 0.295 e. The van der Waals surface area contributed by atoms with Crippen LogP contribution in [0.4, 0.5) is 0 Å². The molecule has 2 aromatic carbocycles. The van der Waals surface area contributed by atoms with Gasteiger partial charge in [-0.15, -0.1) is 0 Å². The molecule has 1 saturated heterocycles. The van der Waals surface area contributed by atoms with Gasteiger partial charge in [0.2, 0.25) is 10.0 Å². The highest BCUT2D eigenvalue weighted by Gasteiger charge is 2.25. The van der Waals surface area contributed by atoms with Crippen LogP contribution in [0.2, 0.25) is 5.02 Å². The van der Waals surface area contributed by atoms with Gasteiger partial charge in [0, 0.05) is 17.6 Å². The van der Waals surface area contributed by atoms with Crippen molar-refractivity contribution >= 4 is 21.6 Å². The number of likely N-dealkylation sites (tertiary alicyclic amines) is 1.